The summed E-state index contributed by atoms with van der Waals surface area (Å²) in [6.45, 7) is 4.31. The van der Waals surface area contributed by atoms with Gasteiger partial charge in [-0.2, -0.15) is 4.98 Å². The van der Waals surface area contributed by atoms with Crippen LogP contribution in [0.4, 0.5) is 11.8 Å². The van der Waals surface area contributed by atoms with E-state index in [1.54, 1.807) is 14.2 Å². The third-order valence-electron chi connectivity index (χ3n) is 3.54. The molecule has 6 nitrogen and oxygen atoms in total. The first-order chi connectivity index (χ1) is 11.7. The number of nitrogens with one attached hydrogen (secondary N) is 2. The number of hydrogen-bond donors (Lipinski definition) is 2. The van der Waals surface area contributed by atoms with E-state index in [9.17, 15) is 0 Å². The lowest BCUT2D eigenvalue weighted by Crippen LogP contribution is -2.11. The summed E-state index contributed by atoms with van der Waals surface area (Å²) < 4.78 is 10.2. The largest absolute Gasteiger partial charge is 0.497 e. The van der Waals surface area contributed by atoms with Gasteiger partial charge in [0.15, 0.2) is 0 Å². The average molecular weight is 330 g/mol. The number of methoxy groups -OCH3 is 2. The summed E-state index contributed by atoms with van der Waals surface area (Å²) in [6, 6.07) is 10.0. The maximum absolute atomic E-state index is 5.17. The molecule has 0 radical (unpaired) electrons. The van der Waals surface area contributed by atoms with Crippen LogP contribution in [0.1, 0.15) is 17.7 Å². The van der Waals surface area contributed by atoms with Gasteiger partial charge < -0.3 is 20.1 Å². The average Bonchev–Trinajstić information content (AvgIpc) is 2.59. The molecule has 2 N–H and O–H groups in total. The molecule has 0 spiro atoms. The van der Waals surface area contributed by atoms with E-state index in [1.807, 2.05) is 25.1 Å². The van der Waals surface area contributed by atoms with Crippen molar-refractivity contribution in [1.29, 1.82) is 0 Å². The van der Waals surface area contributed by atoms with Gasteiger partial charge in [-0.25, -0.2) is 4.98 Å². The topological polar surface area (TPSA) is 68.3 Å². The number of benzene rings is 1. The zero-order chi connectivity index (χ0) is 17.2. The molecule has 0 atom stereocenters. The molecule has 0 amide bonds. The molecule has 2 aromatic rings. The van der Waals surface area contributed by atoms with Crippen LogP contribution in [-0.2, 0) is 11.2 Å². The fourth-order valence-corrected chi connectivity index (χ4v) is 2.28. The summed E-state index contributed by atoms with van der Waals surface area (Å²) >= 11 is 0. The van der Waals surface area contributed by atoms with E-state index in [2.05, 4.69) is 32.7 Å². The van der Waals surface area contributed by atoms with Gasteiger partial charge in [0.05, 0.1) is 7.11 Å². The van der Waals surface area contributed by atoms with Crippen molar-refractivity contribution in [2.24, 2.45) is 0 Å². The van der Waals surface area contributed by atoms with Gasteiger partial charge in [0.2, 0.25) is 5.95 Å². The van der Waals surface area contributed by atoms with E-state index in [-0.39, 0.29) is 0 Å². The van der Waals surface area contributed by atoms with Gasteiger partial charge in [-0.1, -0.05) is 12.1 Å². The minimum Gasteiger partial charge on any atom is -0.497 e. The van der Waals surface area contributed by atoms with E-state index < -0.39 is 0 Å². The highest BCUT2D eigenvalue weighted by Gasteiger charge is 2.02. The molecule has 0 aliphatic heterocycles. The maximum Gasteiger partial charge on any atom is 0.224 e. The lowest BCUT2D eigenvalue weighted by molar-refractivity contribution is 0.198. The molecule has 0 aliphatic rings. The minimum absolute atomic E-state index is 0.651. The molecule has 130 valence electrons. The Balaban J connectivity index is 1.83. The Morgan fingerprint density at radius 1 is 1.00 bits per heavy atom. The highest BCUT2D eigenvalue weighted by Crippen LogP contribution is 2.13. The van der Waals surface area contributed by atoms with Gasteiger partial charge in [0.1, 0.15) is 11.6 Å². The summed E-state index contributed by atoms with van der Waals surface area (Å²) in [5.74, 6) is 2.36. The maximum atomic E-state index is 5.17. The SMILES string of the molecule is COCCCNc1cc(C)nc(NCCc2ccc(OC)cc2)n1. The fraction of sp³-hybridized carbons (Fsp3) is 0.444. The second-order valence-corrected chi connectivity index (χ2v) is 5.52. The molecule has 6 heteroatoms. The Morgan fingerprint density at radius 2 is 1.79 bits per heavy atom. The van der Waals surface area contributed by atoms with Crippen LogP contribution in [-0.4, -0.2) is 43.9 Å². The predicted octanol–water partition coefficient (Wildman–Crippen LogP) is 2.90. The van der Waals surface area contributed by atoms with Crippen molar-refractivity contribution in [2.45, 2.75) is 19.8 Å². The van der Waals surface area contributed by atoms with E-state index in [0.717, 1.165) is 49.8 Å². The number of aryl methyl sites for hydroxylation is 1. The molecule has 0 bridgehead atoms. The second kappa shape index (κ2) is 9.72. The van der Waals surface area contributed by atoms with Crippen molar-refractivity contribution in [2.75, 3.05) is 44.5 Å². The van der Waals surface area contributed by atoms with Crippen molar-refractivity contribution in [3.63, 3.8) is 0 Å². The van der Waals surface area contributed by atoms with Gasteiger partial charge in [-0.15, -0.1) is 0 Å². The van der Waals surface area contributed by atoms with Gasteiger partial charge in [0, 0.05) is 38.6 Å². The van der Waals surface area contributed by atoms with Gasteiger partial charge in [-0.3, -0.25) is 0 Å². The summed E-state index contributed by atoms with van der Waals surface area (Å²) in [5, 5.41) is 6.58. The first kappa shape index (κ1) is 18.0. The number of ether oxygens (including phenoxy) is 2. The van der Waals surface area contributed by atoms with Crippen molar-refractivity contribution in [1.82, 2.24) is 9.97 Å². The Labute approximate surface area is 143 Å². The van der Waals surface area contributed by atoms with Gasteiger partial charge >= 0.3 is 0 Å². The Hall–Kier alpha value is -2.34. The summed E-state index contributed by atoms with van der Waals surface area (Å²) in [4.78, 5) is 8.93. The summed E-state index contributed by atoms with van der Waals surface area (Å²) in [5.41, 5.74) is 2.18. The molecule has 0 fully saturated rings. The van der Waals surface area contributed by atoms with Crippen molar-refractivity contribution < 1.29 is 9.47 Å². The van der Waals surface area contributed by atoms with Crippen LogP contribution in [0.15, 0.2) is 30.3 Å². The Bertz CT molecular complexity index is 617. The molecule has 0 aliphatic carbocycles. The Kier molecular flexibility index (Phi) is 7.29. The molecule has 0 saturated heterocycles. The molecule has 24 heavy (non-hydrogen) atoms. The summed E-state index contributed by atoms with van der Waals surface area (Å²) in [6.07, 6.45) is 1.84. The van der Waals surface area contributed by atoms with Crippen molar-refractivity contribution in [3.8, 4) is 5.75 Å². The Morgan fingerprint density at radius 3 is 2.50 bits per heavy atom. The van der Waals surface area contributed by atoms with Gasteiger partial charge in [-0.05, 0) is 37.5 Å². The first-order valence-corrected chi connectivity index (χ1v) is 8.16. The van der Waals surface area contributed by atoms with Crippen LogP contribution >= 0.6 is 0 Å². The molecule has 1 aromatic carbocycles. The quantitative estimate of drug-likeness (QED) is 0.653. The van der Waals surface area contributed by atoms with E-state index in [0.29, 0.717) is 5.95 Å². The van der Waals surface area contributed by atoms with E-state index >= 15 is 0 Å². The van der Waals surface area contributed by atoms with Crippen LogP contribution in [0.5, 0.6) is 5.75 Å². The van der Waals surface area contributed by atoms with Crippen molar-refractivity contribution in [3.05, 3.63) is 41.6 Å². The summed E-state index contributed by atoms with van der Waals surface area (Å²) in [7, 11) is 3.38. The molecule has 0 saturated carbocycles. The van der Waals surface area contributed by atoms with Crippen LogP contribution in [0.25, 0.3) is 0 Å². The molecule has 0 unspecified atom stereocenters. The normalized spacial score (nSPS) is 10.5. The smallest absolute Gasteiger partial charge is 0.224 e. The lowest BCUT2D eigenvalue weighted by Gasteiger charge is -2.10. The zero-order valence-electron chi connectivity index (χ0n) is 14.6. The standard InChI is InChI=1S/C18H26N4O2/c1-14-13-17(19-10-4-12-23-2)22-18(21-14)20-11-9-15-5-7-16(24-3)8-6-15/h5-8,13H,4,9-12H2,1-3H3,(H2,19,20,21,22). The number of hydrogen-bond acceptors (Lipinski definition) is 6. The van der Waals surface area contributed by atoms with Crippen LogP contribution < -0.4 is 15.4 Å². The van der Waals surface area contributed by atoms with Crippen LogP contribution in [0.2, 0.25) is 0 Å². The molecular formula is C18H26N4O2. The van der Waals surface area contributed by atoms with Crippen molar-refractivity contribution >= 4 is 11.8 Å². The van der Waals surface area contributed by atoms with Gasteiger partial charge in [0.25, 0.3) is 0 Å². The van der Waals surface area contributed by atoms with E-state index in [4.69, 9.17) is 9.47 Å². The monoisotopic (exact) mass is 330 g/mol. The molecule has 2 rings (SSSR count). The number of nitrogens with zero attached hydrogens (tertiary/aromatic N) is 2. The molecular weight excluding hydrogens is 304 g/mol. The van der Waals surface area contributed by atoms with E-state index in [1.165, 1.54) is 5.56 Å². The number of aromatic nitrogens is 2. The molecule has 1 heterocycles. The van der Waals surface area contributed by atoms with Crippen LogP contribution in [0, 0.1) is 6.92 Å². The fourth-order valence-electron chi connectivity index (χ4n) is 2.28. The third kappa shape index (κ3) is 6.04. The number of anilines is 2. The first-order valence-electron chi connectivity index (χ1n) is 8.16. The highest BCUT2D eigenvalue weighted by atomic mass is 16.5. The molecule has 1 aromatic heterocycles. The second-order valence-electron chi connectivity index (χ2n) is 5.52. The van der Waals surface area contributed by atoms with Crippen LogP contribution in [0.3, 0.4) is 0 Å². The number of rotatable bonds is 10. The zero-order valence-corrected chi connectivity index (χ0v) is 14.6. The predicted molar refractivity (Wildman–Crippen MR) is 96.9 cm³/mol. The minimum atomic E-state index is 0.651. The lowest BCUT2D eigenvalue weighted by atomic mass is 10.1. The highest BCUT2D eigenvalue weighted by molar-refractivity contribution is 5.42. The third-order valence-corrected chi connectivity index (χ3v) is 3.54.